The molecular formula is C14H13NO3. The van der Waals surface area contributed by atoms with Gasteiger partial charge in [0, 0.05) is 11.6 Å². The van der Waals surface area contributed by atoms with E-state index in [1.54, 1.807) is 19.1 Å². The molecule has 0 fully saturated rings. The first-order valence-corrected chi connectivity index (χ1v) is 5.45. The van der Waals surface area contributed by atoms with Crippen LogP contribution in [0.3, 0.4) is 0 Å². The van der Waals surface area contributed by atoms with Crippen LogP contribution in [0.1, 0.15) is 12.5 Å². The molecule has 0 atom stereocenters. The van der Waals surface area contributed by atoms with Gasteiger partial charge >= 0.3 is 0 Å². The number of hydrogen-bond acceptors (Lipinski definition) is 4. The van der Waals surface area contributed by atoms with Crippen molar-refractivity contribution in [2.24, 2.45) is 5.16 Å². The van der Waals surface area contributed by atoms with Gasteiger partial charge in [-0.1, -0.05) is 23.4 Å². The van der Waals surface area contributed by atoms with Crippen molar-refractivity contribution in [1.29, 1.82) is 0 Å². The molecule has 18 heavy (non-hydrogen) atoms. The molecule has 2 aromatic carbocycles. The summed E-state index contributed by atoms with van der Waals surface area (Å²) >= 11 is 0. The van der Waals surface area contributed by atoms with Gasteiger partial charge in [-0.05, 0) is 31.2 Å². The van der Waals surface area contributed by atoms with Crippen molar-refractivity contribution in [3.63, 3.8) is 0 Å². The predicted octanol–water partition coefficient (Wildman–Crippen LogP) is 2.90. The Morgan fingerprint density at radius 3 is 2.22 bits per heavy atom. The zero-order valence-electron chi connectivity index (χ0n) is 9.87. The minimum Gasteiger partial charge on any atom is -0.508 e. The quantitative estimate of drug-likeness (QED) is 0.643. The number of oxime groups is 1. The second kappa shape index (κ2) is 5.23. The van der Waals surface area contributed by atoms with Crippen molar-refractivity contribution in [2.45, 2.75) is 6.92 Å². The smallest absolute Gasteiger partial charge is 0.157 e. The van der Waals surface area contributed by atoms with Crippen LogP contribution in [0.4, 0.5) is 0 Å². The average Bonchev–Trinajstić information content (AvgIpc) is 2.36. The van der Waals surface area contributed by atoms with Gasteiger partial charge in [0.25, 0.3) is 0 Å². The number of aromatic hydroxyl groups is 2. The Bertz CT molecular complexity index is 544. The van der Waals surface area contributed by atoms with E-state index in [0.717, 1.165) is 0 Å². The Balaban J connectivity index is 2.18. The second-order valence-corrected chi connectivity index (χ2v) is 3.82. The minimum atomic E-state index is -0.0146. The van der Waals surface area contributed by atoms with Crippen molar-refractivity contribution in [2.75, 3.05) is 0 Å². The van der Waals surface area contributed by atoms with Crippen LogP contribution in [0.2, 0.25) is 0 Å². The first kappa shape index (κ1) is 12.0. The van der Waals surface area contributed by atoms with Gasteiger partial charge in [0.15, 0.2) is 5.75 Å². The number of phenolic OH excluding ortho intramolecular Hbond substituents is 2. The van der Waals surface area contributed by atoms with Gasteiger partial charge in [-0.15, -0.1) is 0 Å². The van der Waals surface area contributed by atoms with Crippen molar-refractivity contribution in [3.05, 3.63) is 54.1 Å². The summed E-state index contributed by atoms with van der Waals surface area (Å²) in [4.78, 5) is 5.23. The molecule has 0 saturated heterocycles. The first-order valence-electron chi connectivity index (χ1n) is 5.45. The van der Waals surface area contributed by atoms with Crippen LogP contribution in [0.25, 0.3) is 0 Å². The van der Waals surface area contributed by atoms with Gasteiger partial charge in [-0.25, -0.2) is 0 Å². The van der Waals surface area contributed by atoms with Crippen LogP contribution in [-0.2, 0) is 0 Å². The molecule has 4 nitrogen and oxygen atoms in total. The lowest BCUT2D eigenvalue weighted by Crippen LogP contribution is -1.97. The highest BCUT2D eigenvalue weighted by Gasteiger charge is 2.03. The van der Waals surface area contributed by atoms with Crippen molar-refractivity contribution >= 4 is 5.71 Å². The summed E-state index contributed by atoms with van der Waals surface area (Å²) in [6, 6.07) is 13.4. The van der Waals surface area contributed by atoms with Gasteiger partial charge < -0.3 is 15.1 Å². The van der Waals surface area contributed by atoms with E-state index in [4.69, 9.17) is 4.84 Å². The van der Waals surface area contributed by atoms with Gasteiger partial charge in [-0.2, -0.15) is 0 Å². The molecule has 2 aromatic rings. The molecule has 92 valence electrons. The van der Waals surface area contributed by atoms with Crippen molar-refractivity contribution in [3.8, 4) is 17.2 Å². The Kier molecular flexibility index (Phi) is 3.48. The van der Waals surface area contributed by atoms with Gasteiger partial charge in [0.2, 0.25) is 0 Å². The third-order valence-corrected chi connectivity index (χ3v) is 2.35. The van der Waals surface area contributed by atoms with E-state index in [9.17, 15) is 10.2 Å². The third kappa shape index (κ3) is 3.01. The lowest BCUT2D eigenvalue weighted by molar-refractivity contribution is 0.341. The van der Waals surface area contributed by atoms with Crippen LogP contribution in [0, 0.1) is 0 Å². The molecule has 0 aromatic heterocycles. The van der Waals surface area contributed by atoms with E-state index in [2.05, 4.69) is 5.16 Å². The molecule has 0 unspecified atom stereocenters. The van der Waals surface area contributed by atoms with E-state index in [1.807, 2.05) is 18.2 Å². The maximum absolute atomic E-state index is 9.37. The van der Waals surface area contributed by atoms with E-state index < -0.39 is 0 Å². The molecule has 0 aliphatic heterocycles. The van der Waals surface area contributed by atoms with E-state index in [0.29, 0.717) is 17.0 Å². The van der Waals surface area contributed by atoms with E-state index in [1.165, 1.54) is 18.2 Å². The molecule has 2 rings (SSSR count). The highest BCUT2D eigenvalue weighted by Crippen LogP contribution is 2.21. The number of benzene rings is 2. The lowest BCUT2D eigenvalue weighted by atomic mass is 10.1. The molecule has 2 N–H and O–H groups in total. The summed E-state index contributed by atoms with van der Waals surface area (Å²) < 4.78 is 0. The molecule has 4 heteroatoms. The Labute approximate surface area is 105 Å². The lowest BCUT2D eigenvalue weighted by Gasteiger charge is -2.03. The fourth-order valence-corrected chi connectivity index (χ4v) is 1.46. The van der Waals surface area contributed by atoms with Gasteiger partial charge in [0.05, 0.1) is 5.71 Å². The van der Waals surface area contributed by atoms with Crippen LogP contribution in [0.15, 0.2) is 53.7 Å². The van der Waals surface area contributed by atoms with Gasteiger partial charge in [-0.3, -0.25) is 0 Å². The molecule has 0 aliphatic carbocycles. The highest BCUT2D eigenvalue weighted by molar-refractivity contribution is 5.99. The Hall–Kier alpha value is -2.49. The summed E-state index contributed by atoms with van der Waals surface area (Å²) in [5.74, 6) is 0.597. The maximum Gasteiger partial charge on any atom is 0.157 e. The van der Waals surface area contributed by atoms with Crippen LogP contribution in [-0.4, -0.2) is 15.9 Å². The minimum absolute atomic E-state index is 0.0146. The fraction of sp³-hybridized carbons (Fsp3) is 0.0714. The molecule has 0 amide bonds. The summed E-state index contributed by atoms with van der Waals surface area (Å²) in [5, 5.41) is 22.7. The monoisotopic (exact) mass is 243 g/mol. The van der Waals surface area contributed by atoms with Crippen molar-refractivity contribution < 1.29 is 15.1 Å². The zero-order valence-corrected chi connectivity index (χ0v) is 9.87. The second-order valence-electron chi connectivity index (χ2n) is 3.82. The fourth-order valence-electron chi connectivity index (χ4n) is 1.46. The number of phenols is 2. The van der Waals surface area contributed by atoms with Crippen LogP contribution >= 0.6 is 0 Å². The molecule has 0 heterocycles. The molecule has 0 saturated carbocycles. The average molecular weight is 243 g/mol. The third-order valence-electron chi connectivity index (χ3n) is 2.35. The van der Waals surface area contributed by atoms with Gasteiger partial charge in [0.1, 0.15) is 11.5 Å². The summed E-state index contributed by atoms with van der Waals surface area (Å²) in [5.41, 5.74) is 1.16. The number of para-hydroxylation sites is 1. The molecule has 0 radical (unpaired) electrons. The maximum atomic E-state index is 9.37. The molecule has 0 aliphatic rings. The standard InChI is InChI=1S/C14H13NO3/c1-10(11-7-12(16)9-13(17)8-11)15-18-14-5-3-2-4-6-14/h2-9,16-17H,1H3/b15-10+. The number of hydrogen-bond donors (Lipinski definition) is 2. The summed E-state index contributed by atoms with van der Waals surface area (Å²) in [7, 11) is 0. The van der Waals surface area contributed by atoms with Crippen molar-refractivity contribution in [1.82, 2.24) is 0 Å². The summed E-state index contributed by atoms with van der Waals surface area (Å²) in [6.07, 6.45) is 0. The Morgan fingerprint density at radius 2 is 1.61 bits per heavy atom. The highest BCUT2D eigenvalue weighted by atomic mass is 16.6. The zero-order chi connectivity index (χ0) is 13.0. The van der Waals surface area contributed by atoms with E-state index in [-0.39, 0.29) is 11.5 Å². The number of rotatable bonds is 3. The molecular weight excluding hydrogens is 230 g/mol. The SMILES string of the molecule is C/C(=N\Oc1ccccc1)c1cc(O)cc(O)c1. The Morgan fingerprint density at radius 1 is 1.00 bits per heavy atom. The van der Waals surface area contributed by atoms with Crippen LogP contribution < -0.4 is 4.84 Å². The largest absolute Gasteiger partial charge is 0.508 e. The van der Waals surface area contributed by atoms with Crippen LogP contribution in [0.5, 0.6) is 17.2 Å². The predicted molar refractivity (Wildman–Crippen MR) is 69.1 cm³/mol. The molecule has 0 bridgehead atoms. The van der Waals surface area contributed by atoms with E-state index >= 15 is 0 Å². The summed E-state index contributed by atoms with van der Waals surface area (Å²) in [6.45, 7) is 1.73. The number of nitrogens with zero attached hydrogens (tertiary/aromatic N) is 1. The first-order chi connectivity index (χ1) is 8.65. The molecule has 0 spiro atoms. The topological polar surface area (TPSA) is 62.0 Å². The normalized spacial score (nSPS) is 11.3.